The molecular formula is C20H22Cl2N2O3S. The Labute approximate surface area is 175 Å². The SMILES string of the molecule is O=C(NCCc1ccc(Cl)cc1)C1CCN(S(=O)(=O)c2ccc(Cl)cc2)CC1. The normalized spacial score (nSPS) is 16.1. The van der Waals surface area contributed by atoms with Crippen LogP contribution < -0.4 is 5.32 Å². The summed E-state index contributed by atoms with van der Waals surface area (Å²) in [5.74, 6) is -0.181. The standard InChI is InChI=1S/C20H22Cl2N2O3S/c21-17-3-1-15(2-4-17)9-12-23-20(25)16-10-13-24(14-11-16)28(26,27)19-7-5-18(22)6-8-19/h1-8,16H,9-14H2,(H,23,25). The summed E-state index contributed by atoms with van der Waals surface area (Å²) >= 11 is 11.7. The van der Waals surface area contributed by atoms with E-state index >= 15 is 0 Å². The second-order valence-electron chi connectivity index (χ2n) is 6.80. The summed E-state index contributed by atoms with van der Waals surface area (Å²) in [4.78, 5) is 12.6. The summed E-state index contributed by atoms with van der Waals surface area (Å²) in [5, 5.41) is 4.13. The van der Waals surface area contributed by atoms with Crippen LogP contribution in [0.15, 0.2) is 53.4 Å². The van der Waals surface area contributed by atoms with Crippen LogP contribution in [0, 0.1) is 5.92 Å². The number of sulfonamides is 1. The number of halogens is 2. The molecule has 1 N–H and O–H groups in total. The molecule has 1 heterocycles. The maximum atomic E-state index is 12.7. The highest BCUT2D eigenvalue weighted by Crippen LogP contribution is 2.25. The molecule has 0 atom stereocenters. The van der Waals surface area contributed by atoms with Gasteiger partial charge in [0.05, 0.1) is 4.90 Å². The quantitative estimate of drug-likeness (QED) is 0.743. The molecule has 2 aromatic carbocycles. The third kappa shape index (κ3) is 5.26. The van der Waals surface area contributed by atoms with Gasteiger partial charge in [-0.25, -0.2) is 8.42 Å². The Bertz CT molecular complexity index is 907. The Kier molecular flexibility index (Phi) is 6.99. The molecular weight excluding hydrogens is 419 g/mol. The summed E-state index contributed by atoms with van der Waals surface area (Å²) in [6.45, 7) is 1.21. The van der Waals surface area contributed by atoms with Gasteiger partial charge in [-0.2, -0.15) is 4.31 Å². The van der Waals surface area contributed by atoms with Gasteiger partial charge < -0.3 is 5.32 Å². The number of hydrogen-bond donors (Lipinski definition) is 1. The van der Waals surface area contributed by atoms with Crippen LogP contribution >= 0.6 is 23.2 Å². The number of nitrogens with one attached hydrogen (secondary N) is 1. The molecule has 1 saturated heterocycles. The van der Waals surface area contributed by atoms with Crippen LogP contribution in [0.1, 0.15) is 18.4 Å². The van der Waals surface area contributed by atoms with Crippen molar-refractivity contribution in [2.24, 2.45) is 5.92 Å². The lowest BCUT2D eigenvalue weighted by Gasteiger charge is -2.30. The molecule has 1 fully saturated rings. The van der Waals surface area contributed by atoms with E-state index < -0.39 is 10.0 Å². The van der Waals surface area contributed by atoms with E-state index in [1.807, 2.05) is 24.3 Å². The molecule has 0 unspecified atom stereocenters. The lowest BCUT2D eigenvalue weighted by Crippen LogP contribution is -2.43. The largest absolute Gasteiger partial charge is 0.356 e. The van der Waals surface area contributed by atoms with E-state index in [4.69, 9.17) is 23.2 Å². The van der Waals surface area contributed by atoms with E-state index in [9.17, 15) is 13.2 Å². The number of nitrogens with zero attached hydrogens (tertiary/aromatic N) is 1. The van der Waals surface area contributed by atoms with Gasteiger partial charge in [-0.3, -0.25) is 4.79 Å². The van der Waals surface area contributed by atoms with Gasteiger partial charge in [-0.1, -0.05) is 35.3 Å². The lowest BCUT2D eigenvalue weighted by atomic mass is 9.97. The Balaban J connectivity index is 1.48. The molecule has 0 spiro atoms. The Morgan fingerprint density at radius 3 is 2.07 bits per heavy atom. The Hall–Kier alpha value is -1.60. The minimum Gasteiger partial charge on any atom is -0.356 e. The second-order valence-corrected chi connectivity index (χ2v) is 9.61. The van der Waals surface area contributed by atoms with Crippen molar-refractivity contribution in [1.29, 1.82) is 0 Å². The molecule has 28 heavy (non-hydrogen) atoms. The van der Waals surface area contributed by atoms with Crippen molar-refractivity contribution in [3.8, 4) is 0 Å². The molecule has 5 nitrogen and oxygen atoms in total. The number of carbonyl (C=O) groups excluding carboxylic acids is 1. The summed E-state index contributed by atoms with van der Waals surface area (Å²) in [6, 6.07) is 13.7. The van der Waals surface area contributed by atoms with Gasteiger partial charge in [-0.05, 0) is 61.2 Å². The van der Waals surface area contributed by atoms with E-state index in [0.29, 0.717) is 42.5 Å². The smallest absolute Gasteiger partial charge is 0.243 e. The van der Waals surface area contributed by atoms with Gasteiger partial charge in [0.25, 0.3) is 0 Å². The van der Waals surface area contributed by atoms with Crippen LogP contribution in [0.3, 0.4) is 0 Å². The van der Waals surface area contributed by atoms with Crippen molar-refractivity contribution in [1.82, 2.24) is 9.62 Å². The monoisotopic (exact) mass is 440 g/mol. The maximum Gasteiger partial charge on any atom is 0.243 e. The molecule has 2 aromatic rings. The number of hydrogen-bond acceptors (Lipinski definition) is 3. The molecule has 8 heteroatoms. The molecule has 0 saturated carbocycles. The van der Waals surface area contributed by atoms with E-state index in [2.05, 4.69) is 5.32 Å². The van der Waals surface area contributed by atoms with Gasteiger partial charge in [0.1, 0.15) is 0 Å². The predicted octanol–water partition coefficient (Wildman–Crippen LogP) is 3.75. The molecule has 0 bridgehead atoms. The van der Waals surface area contributed by atoms with Crippen molar-refractivity contribution < 1.29 is 13.2 Å². The first kappa shape index (κ1) is 21.1. The first-order valence-electron chi connectivity index (χ1n) is 9.14. The zero-order chi connectivity index (χ0) is 20.1. The van der Waals surface area contributed by atoms with Gasteiger partial charge in [0, 0.05) is 35.6 Å². The number of piperidine rings is 1. The summed E-state index contributed by atoms with van der Waals surface area (Å²) < 4.78 is 26.8. The molecule has 150 valence electrons. The fourth-order valence-electron chi connectivity index (χ4n) is 3.24. The topological polar surface area (TPSA) is 66.5 Å². The molecule has 0 aromatic heterocycles. The summed E-state index contributed by atoms with van der Waals surface area (Å²) in [7, 11) is -3.55. The maximum absolute atomic E-state index is 12.7. The van der Waals surface area contributed by atoms with E-state index in [0.717, 1.165) is 12.0 Å². The van der Waals surface area contributed by atoms with Gasteiger partial charge in [0.2, 0.25) is 15.9 Å². The van der Waals surface area contributed by atoms with Crippen molar-refractivity contribution in [3.63, 3.8) is 0 Å². The van der Waals surface area contributed by atoms with Crippen LogP contribution in [0.5, 0.6) is 0 Å². The minimum absolute atomic E-state index is 0.0162. The van der Waals surface area contributed by atoms with Crippen LogP contribution in [-0.2, 0) is 21.2 Å². The molecule has 0 radical (unpaired) electrons. The second kappa shape index (κ2) is 9.27. The Morgan fingerprint density at radius 2 is 1.50 bits per heavy atom. The number of amides is 1. The minimum atomic E-state index is -3.55. The summed E-state index contributed by atoms with van der Waals surface area (Å²) in [6.07, 6.45) is 1.76. The third-order valence-electron chi connectivity index (χ3n) is 4.90. The predicted molar refractivity (Wildman–Crippen MR) is 111 cm³/mol. The molecule has 1 amide bonds. The van der Waals surface area contributed by atoms with Crippen LogP contribution in [0.4, 0.5) is 0 Å². The van der Waals surface area contributed by atoms with Crippen molar-refractivity contribution >= 4 is 39.1 Å². The Morgan fingerprint density at radius 1 is 0.964 bits per heavy atom. The molecule has 1 aliphatic rings. The van der Waals surface area contributed by atoms with Crippen molar-refractivity contribution in [2.75, 3.05) is 19.6 Å². The number of benzene rings is 2. The molecule has 3 rings (SSSR count). The van der Waals surface area contributed by atoms with Gasteiger partial charge >= 0.3 is 0 Å². The first-order valence-corrected chi connectivity index (χ1v) is 11.3. The highest BCUT2D eigenvalue weighted by atomic mass is 35.5. The highest BCUT2D eigenvalue weighted by molar-refractivity contribution is 7.89. The zero-order valence-electron chi connectivity index (χ0n) is 15.3. The summed E-state index contributed by atoms with van der Waals surface area (Å²) in [5.41, 5.74) is 1.11. The van der Waals surface area contributed by atoms with E-state index in [1.165, 1.54) is 16.4 Å². The van der Waals surface area contributed by atoms with Gasteiger partial charge in [-0.15, -0.1) is 0 Å². The van der Waals surface area contributed by atoms with Gasteiger partial charge in [0.15, 0.2) is 0 Å². The van der Waals surface area contributed by atoms with Crippen molar-refractivity contribution in [2.45, 2.75) is 24.2 Å². The fraction of sp³-hybridized carbons (Fsp3) is 0.350. The lowest BCUT2D eigenvalue weighted by molar-refractivity contribution is -0.126. The number of carbonyl (C=O) groups is 1. The van der Waals surface area contributed by atoms with Crippen LogP contribution in [0.25, 0.3) is 0 Å². The van der Waals surface area contributed by atoms with E-state index in [-0.39, 0.29) is 16.7 Å². The zero-order valence-corrected chi connectivity index (χ0v) is 17.6. The van der Waals surface area contributed by atoms with Crippen LogP contribution in [-0.4, -0.2) is 38.3 Å². The molecule has 0 aliphatic carbocycles. The third-order valence-corrected chi connectivity index (χ3v) is 7.32. The molecule has 1 aliphatic heterocycles. The average molecular weight is 441 g/mol. The van der Waals surface area contributed by atoms with Crippen LogP contribution in [0.2, 0.25) is 10.0 Å². The van der Waals surface area contributed by atoms with Crippen molar-refractivity contribution in [3.05, 3.63) is 64.1 Å². The van der Waals surface area contributed by atoms with E-state index in [1.54, 1.807) is 12.1 Å². The average Bonchev–Trinajstić information content (AvgIpc) is 2.70. The first-order chi connectivity index (χ1) is 13.4. The fourth-order valence-corrected chi connectivity index (χ4v) is 4.96. The highest BCUT2D eigenvalue weighted by Gasteiger charge is 2.31. The number of rotatable bonds is 6.